The summed E-state index contributed by atoms with van der Waals surface area (Å²) in [7, 11) is 0. The molecule has 0 radical (unpaired) electrons. The molecule has 0 spiro atoms. The molecule has 4 saturated carbocycles. The highest BCUT2D eigenvalue weighted by Gasteiger charge is 2.53. The van der Waals surface area contributed by atoms with Crippen LogP contribution in [0, 0.1) is 17.8 Å². The monoisotopic (exact) mass is 1120 g/mol. The number of fused-ring (bicyclic) bond motifs is 6. The third-order valence-corrected chi connectivity index (χ3v) is 20.5. The lowest BCUT2D eigenvalue weighted by atomic mass is 9.33. The number of rotatable bonds is 5. The van der Waals surface area contributed by atoms with Crippen LogP contribution in [-0.2, 0) is 37.9 Å². The summed E-state index contributed by atoms with van der Waals surface area (Å²) in [5.74, 6) is 3.58. The van der Waals surface area contributed by atoms with Gasteiger partial charge in [0.25, 0.3) is 6.71 Å². The molecule has 0 saturated heterocycles. The van der Waals surface area contributed by atoms with Crippen LogP contribution in [0.1, 0.15) is 202 Å². The van der Waals surface area contributed by atoms with E-state index in [2.05, 4.69) is 256 Å². The van der Waals surface area contributed by atoms with E-state index in [1.54, 1.807) is 0 Å². The van der Waals surface area contributed by atoms with Crippen LogP contribution in [0.2, 0.25) is 0 Å². The Morgan fingerprint density at radius 1 is 0.388 bits per heavy atom. The minimum absolute atomic E-state index is 0.0237. The van der Waals surface area contributed by atoms with Crippen LogP contribution in [0.3, 0.4) is 0 Å². The lowest BCUT2D eigenvalue weighted by molar-refractivity contribution is -0.00514. The lowest BCUT2D eigenvalue weighted by Gasteiger charge is -2.57. The lowest BCUT2D eigenvalue weighted by Crippen LogP contribution is -2.61. The minimum atomic E-state index is -0.195. The molecular formula is C78H89BN4O2. The van der Waals surface area contributed by atoms with Crippen molar-refractivity contribution in [3.63, 3.8) is 0 Å². The van der Waals surface area contributed by atoms with Crippen molar-refractivity contribution in [3.05, 3.63) is 160 Å². The van der Waals surface area contributed by atoms with E-state index >= 15 is 0 Å². The molecular weight excluding hydrogens is 1040 g/mol. The molecule has 436 valence electrons. The first-order chi connectivity index (χ1) is 39.8. The number of aromatic nitrogens is 2. The highest BCUT2D eigenvalue weighted by molar-refractivity contribution is 7.00. The Kier molecular flexibility index (Phi) is 12.2. The maximum atomic E-state index is 7.05. The third kappa shape index (κ3) is 9.50. The third-order valence-electron chi connectivity index (χ3n) is 20.5. The summed E-state index contributed by atoms with van der Waals surface area (Å²) in [4.78, 5) is 16.2. The van der Waals surface area contributed by atoms with E-state index in [9.17, 15) is 0 Å². The second kappa shape index (κ2) is 18.6. The molecule has 4 aliphatic carbocycles. The van der Waals surface area contributed by atoms with Gasteiger partial charge in [-0.3, -0.25) is 0 Å². The number of hydrogen-bond acceptors (Lipinski definition) is 6. The number of oxazole rings is 2. The van der Waals surface area contributed by atoms with Gasteiger partial charge in [0.15, 0.2) is 11.2 Å². The standard InChI is InChI=1S/C78H89BN4O2/c1-72(2,3)50-23-19-48(20-24-50)70-80-61-38-59-63(40-67(61)84-70)82(57-32-52(74(7,8)9)30-53(33-57)75(10,11)12)65-36-56(78-42-45-27-46(43-78)29-47(28-45)44-78)37-66-69(65)79(59)60-39-62-68(85-71(81-62)49-21-25-51(26-22-49)73(4,5)6)41-64(60)83(66)58-34-54(76(13,14)15)31-55(35-58)77(16,17)18/h19-26,30-41,45-47H,27-29,42-44H2,1-18H3. The Morgan fingerprint density at radius 3 is 1.04 bits per heavy atom. The average Bonchev–Trinajstić information content (AvgIpc) is 1.26. The van der Waals surface area contributed by atoms with Crippen LogP contribution < -0.4 is 26.2 Å². The molecule has 85 heavy (non-hydrogen) atoms. The molecule has 2 aromatic heterocycles. The zero-order chi connectivity index (χ0) is 60.0. The van der Waals surface area contributed by atoms with Crippen LogP contribution in [0.15, 0.2) is 130 Å². The molecule has 4 bridgehead atoms. The van der Waals surface area contributed by atoms with Crippen LogP contribution in [0.5, 0.6) is 0 Å². The maximum Gasteiger partial charge on any atom is 0.252 e. The molecule has 4 heterocycles. The topological polar surface area (TPSA) is 58.5 Å². The van der Waals surface area contributed by atoms with Gasteiger partial charge in [-0.05, 0) is 222 Å². The van der Waals surface area contributed by atoms with Crippen molar-refractivity contribution < 1.29 is 8.83 Å². The summed E-state index contributed by atoms with van der Waals surface area (Å²) in [6.45, 7) is 41.8. The van der Waals surface area contributed by atoms with Crippen molar-refractivity contribution >= 4 is 79.4 Å². The molecule has 0 N–H and O–H groups in total. The van der Waals surface area contributed by atoms with Gasteiger partial charge in [0.1, 0.15) is 11.0 Å². The van der Waals surface area contributed by atoms with Gasteiger partial charge in [-0.15, -0.1) is 0 Å². The van der Waals surface area contributed by atoms with Crippen LogP contribution in [0.25, 0.3) is 45.1 Å². The summed E-state index contributed by atoms with van der Waals surface area (Å²) >= 11 is 0. The van der Waals surface area contributed by atoms with E-state index in [1.807, 2.05) is 0 Å². The van der Waals surface area contributed by atoms with Crippen molar-refractivity contribution in [1.29, 1.82) is 0 Å². The second-order valence-electron chi connectivity index (χ2n) is 33.2. The zero-order valence-electron chi connectivity index (χ0n) is 54.2. The van der Waals surface area contributed by atoms with Gasteiger partial charge >= 0.3 is 0 Å². The smallest absolute Gasteiger partial charge is 0.252 e. The van der Waals surface area contributed by atoms with Crippen molar-refractivity contribution in [2.75, 3.05) is 9.80 Å². The molecule has 2 aliphatic heterocycles. The maximum absolute atomic E-state index is 7.05. The molecule has 15 rings (SSSR count). The molecule has 4 fully saturated rings. The predicted molar refractivity (Wildman–Crippen MR) is 359 cm³/mol. The SMILES string of the molecule is CC(C)(C)c1ccc(-c2nc3cc4c(cc3o2)N(c2cc(C(C)(C)C)cc(C(C)(C)C)c2)c2cc(C35CC6CC(CC(C6)C3)C5)cc3c2B4c2cc4nc(-c5ccc(C(C)(C)C)cc5)oc4cc2N3c2cc(C(C)(C)C)cc(C(C)(C)C)c2)cc1. The van der Waals surface area contributed by atoms with Gasteiger partial charge in [0.05, 0.1) is 0 Å². The van der Waals surface area contributed by atoms with Crippen LogP contribution >= 0.6 is 0 Å². The molecule has 7 heteroatoms. The first-order valence-electron chi connectivity index (χ1n) is 32.0. The quantitative estimate of drug-likeness (QED) is 0.160. The van der Waals surface area contributed by atoms with Gasteiger partial charge in [-0.2, -0.15) is 0 Å². The highest BCUT2D eigenvalue weighted by atomic mass is 16.4. The van der Waals surface area contributed by atoms with Crippen molar-refractivity contribution in [1.82, 2.24) is 9.97 Å². The largest absolute Gasteiger partial charge is 0.436 e. The highest BCUT2D eigenvalue weighted by Crippen LogP contribution is 2.62. The molecule has 0 atom stereocenters. The molecule has 0 unspecified atom stereocenters. The number of anilines is 6. The molecule has 7 aromatic carbocycles. The fourth-order valence-electron chi connectivity index (χ4n) is 15.8. The molecule has 6 nitrogen and oxygen atoms in total. The van der Waals surface area contributed by atoms with Gasteiger partial charge in [-0.1, -0.05) is 161 Å². The van der Waals surface area contributed by atoms with E-state index in [4.69, 9.17) is 18.8 Å². The fourth-order valence-corrected chi connectivity index (χ4v) is 15.8. The van der Waals surface area contributed by atoms with Crippen molar-refractivity contribution in [2.24, 2.45) is 17.8 Å². The Balaban J connectivity index is 1.11. The molecule has 9 aromatic rings. The Labute approximate surface area is 507 Å². The first-order valence-corrected chi connectivity index (χ1v) is 32.0. The summed E-state index contributed by atoms with van der Waals surface area (Å²) in [5, 5.41) is 0. The first kappa shape index (κ1) is 56.0. The van der Waals surface area contributed by atoms with Crippen LogP contribution in [0.4, 0.5) is 34.1 Å². The summed E-state index contributed by atoms with van der Waals surface area (Å²) in [6, 6.07) is 47.4. The van der Waals surface area contributed by atoms with E-state index in [0.717, 1.165) is 62.5 Å². The summed E-state index contributed by atoms with van der Waals surface area (Å²) < 4.78 is 14.1. The summed E-state index contributed by atoms with van der Waals surface area (Å²) in [6.07, 6.45) is 7.92. The average molecular weight is 1130 g/mol. The van der Waals surface area contributed by atoms with Crippen molar-refractivity contribution in [2.45, 2.75) is 201 Å². The minimum Gasteiger partial charge on any atom is -0.436 e. The number of nitrogens with zero attached hydrogens (tertiary/aromatic N) is 4. The van der Waals surface area contributed by atoms with E-state index < -0.39 is 0 Å². The van der Waals surface area contributed by atoms with Crippen molar-refractivity contribution in [3.8, 4) is 22.9 Å². The van der Waals surface area contributed by atoms with Crippen LogP contribution in [-0.4, -0.2) is 16.7 Å². The van der Waals surface area contributed by atoms with Gasteiger partial charge < -0.3 is 18.6 Å². The molecule has 0 amide bonds. The molecule has 6 aliphatic rings. The Hall–Kier alpha value is -6.86. The van der Waals surface area contributed by atoms with E-state index in [1.165, 1.54) is 117 Å². The number of hydrogen-bond donors (Lipinski definition) is 0. The van der Waals surface area contributed by atoms with E-state index in [-0.39, 0.29) is 44.6 Å². The number of benzene rings is 7. The zero-order valence-corrected chi connectivity index (χ0v) is 54.2. The van der Waals surface area contributed by atoms with E-state index in [0.29, 0.717) is 11.8 Å². The normalized spacial score (nSPS) is 20.4. The van der Waals surface area contributed by atoms with Gasteiger partial charge in [0.2, 0.25) is 11.8 Å². The fraction of sp³-hybridized carbons (Fsp3) is 0.436. The van der Waals surface area contributed by atoms with Gasteiger partial charge in [0, 0.05) is 57.4 Å². The Bertz CT molecular complexity index is 3820. The summed E-state index contributed by atoms with van der Waals surface area (Å²) in [5.41, 5.74) is 25.1. The predicted octanol–water partition coefficient (Wildman–Crippen LogP) is 19.6. The Morgan fingerprint density at radius 2 is 0.718 bits per heavy atom. The van der Waals surface area contributed by atoms with Gasteiger partial charge in [-0.25, -0.2) is 9.97 Å². The second-order valence-corrected chi connectivity index (χ2v) is 33.2.